The predicted molar refractivity (Wildman–Crippen MR) is 138 cm³/mol. The van der Waals surface area contributed by atoms with Crippen LogP contribution in [0.25, 0.3) is 11.3 Å². The third-order valence-corrected chi connectivity index (χ3v) is 5.55. The number of anilines is 2. The summed E-state index contributed by atoms with van der Waals surface area (Å²) in [6.07, 6.45) is -0.0223. The largest absolute Gasteiger partial charge is 0.424 e. The van der Waals surface area contributed by atoms with Crippen LogP contribution in [0.2, 0.25) is 0 Å². The Balaban J connectivity index is 1.35. The molecule has 0 spiro atoms. The Kier molecular flexibility index (Phi) is 7.81. The van der Waals surface area contributed by atoms with Crippen molar-refractivity contribution in [2.45, 2.75) is 12.5 Å². The van der Waals surface area contributed by atoms with Crippen molar-refractivity contribution in [1.29, 1.82) is 0 Å². The first-order chi connectivity index (χ1) is 17.0. The molecular formula is C26H22BrN5O3. The molecule has 2 amide bonds. The van der Waals surface area contributed by atoms with Gasteiger partial charge in [0.15, 0.2) is 11.6 Å². The zero-order chi connectivity index (χ0) is 24.6. The summed E-state index contributed by atoms with van der Waals surface area (Å²) in [6.45, 7) is 0. The molecule has 4 rings (SSSR count). The number of nitrogens with one attached hydrogen (secondary N) is 2. The van der Waals surface area contributed by atoms with Gasteiger partial charge < -0.3 is 15.8 Å². The number of rotatable bonds is 7. The smallest absolute Gasteiger partial charge is 0.325 e. The van der Waals surface area contributed by atoms with Crippen molar-refractivity contribution in [3.05, 3.63) is 101 Å². The van der Waals surface area contributed by atoms with E-state index in [0.29, 0.717) is 11.4 Å². The minimum Gasteiger partial charge on any atom is -0.424 e. The van der Waals surface area contributed by atoms with Crippen LogP contribution in [0.4, 0.5) is 16.3 Å². The second-order valence-corrected chi connectivity index (χ2v) is 8.50. The van der Waals surface area contributed by atoms with Crippen LogP contribution in [0.3, 0.4) is 0 Å². The molecule has 4 aromatic rings. The van der Waals surface area contributed by atoms with Gasteiger partial charge in [-0.1, -0.05) is 70.5 Å². The summed E-state index contributed by atoms with van der Waals surface area (Å²) in [5, 5.41) is 13.5. The summed E-state index contributed by atoms with van der Waals surface area (Å²) >= 11 is 3.37. The van der Waals surface area contributed by atoms with E-state index < -0.39 is 18.0 Å². The molecule has 176 valence electrons. The molecule has 0 aliphatic carbocycles. The SMILES string of the molecule is NC(CC(=O)Oc1ccccc1NC(=O)Nc1ccc(-c2ccccc2)nn1)c1ccc(Br)cc1. The Labute approximate surface area is 210 Å². The number of ether oxygens (including phenoxy) is 1. The van der Waals surface area contributed by atoms with Gasteiger partial charge in [-0.15, -0.1) is 10.2 Å². The summed E-state index contributed by atoms with van der Waals surface area (Å²) in [5.74, 6) is -0.0317. The molecule has 1 atom stereocenters. The molecule has 3 aromatic carbocycles. The maximum absolute atomic E-state index is 12.5. The molecule has 1 aromatic heterocycles. The third-order valence-electron chi connectivity index (χ3n) is 5.02. The molecule has 1 heterocycles. The molecule has 9 heteroatoms. The average molecular weight is 532 g/mol. The van der Waals surface area contributed by atoms with E-state index in [1.165, 1.54) is 0 Å². The van der Waals surface area contributed by atoms with Gasteiger partial charge in [0.2, 0.25) is 0 Å². The molecule has 1 unspecified atom stereocenters. The van der Waals surface area contributed by atoms with E-state index >= 15 is 0 Å². The first kappa shape index (κ1) is 24.1. The lowest BCUT2D eigenvalue weighted by molar-refractivity contribution is -0.134. The molecule has 0 radical (unpaired) electrons. The molecule has 35 heavy (non-hydrogen) atoms. The molecule has 0 aliphatic rings. The number of carbonyl (C=O) groups excluding carboxylic acids is 2. The Bertz CT molecular complexity index is 1300. The number of para-hydroxylation sites is 2. The summed E-state index contributed by atoms with van der Waals surface area (Å²) in [7, 11) is 0. The van der Waals surface area contributed by atoms with Gasteiger partial charge in [-0.25, -0.2) is 4.79 Å². The number of halogens is 1. The Morgan fingerprint density at radius 2 is 1.57 bits per heavy atom. The van der Waals surface area contributed by atoms with Crippen LogP contribution in [0.5, 0.6) is 5.75 Å². The first-order valence-corrected chi connectivity index (χ1v) is 11.5. The fourth-order valence-electron chi connectivity index (χ4n) is 3.26. The van der Waals surface area contributed by atoms with Crippen LogP contribution < -0.4 is 21.1 Å². The van der Waals surface area contributed by atoms with E-state index in [2.05, 4.69) is 36.8 Å². The number of nitrogens with two attached hydrogens (primary N) is 1. The lowest BCUT2D eigenvalue weighted by Gasteiger charge is -2.14. The third kappa shape index (κ3) is 6.72. The van der Waals surface area contributed by atoms with Gasteiger partial charge >= 0.3 is 12.0 Å². The minimum absolute atomic E-state index is 0.0223. The Morgan fingerprint density at radius 3 is 2.29 bits per heavy atom. The van der Waals surface area contributed by atoms with Crippen molar-refractivity contribution in [1.82, 2.24) is 10.2 Å². The molecule has 0 aliphatic heterocycles. The minimum atomic E-state index is -0.554. The number of nitrogens with zero attached hydrogens (tertiary/aromatic N) is 2. The van der Waals surface area contributed by atoms with Gasteiger partial charge in [0.05, 0.1) is 17.8 Å². The van der Waals surface area contributed by atoms with Crippen molar-refractivity contribution in [2.75, 3.05) is 10.6 Å². The van der Waals surface area contributed by atoms with Gasteiger partial charge in [-0.2, -0.15) is 0 Å². The number of hydrogen-bond donors (Lipinski definition) is 3. The second-order valence-electron chi connectivity index (χ2n) is 7.58. The van der Waals surface area contributed by atoms with E-state index in [0.717, 1.165) is 15.6 Å². The number of esters is 1. The zero-order valence-electron chi connectivity index (χ0n) is 18.5. The van der Waals surface area contributed by atoms with E-state index in [1.807, 2.05) is 54.6 Å². The van der Waals surface area contributed by atoms with Crippen LogP contribution in [-0.2, 0) is 4.79 Å². The maximum Gasteiger partial charge on any atom is 0.325 e. The molecule has 0 saturated heterocycles. The lowest BCUT2D eigenvalue weighted by atomic mass is 10.1. The molecule has 0 fully saturated rings. The van der Waals surface area contributed by atoms with Gasteiger partial charge in [0.1, 0.15) is 0 Å². The van der Waals surface area contributed by atoms with Crippen molar-refractivity contribution < 1.29 is 14.3 Å². The number of benzene rings is 3. The highest BCUT2D eigenvalue weighted by Crippen LogP contribution is 2.26. The fourth-order valence-corrected chi connectivity index (χ4v) is 3.53. The monoisotopic (exact) mass is 531 g/mol. The number of amides is 2. The average Bonchev–Trinajstić information content (AvgIpc) is 2.86. The van der Waals surface area contributed by atoms with Gasteiger partial charge in [-0.05, 0) is 42.0 Å². The van der Waals surface area contributed by atoms with Gasteiger partial charge in [0, 0.05) is 16.1 Å². The zero-order valence-corrected chi connectivity index (χ0v) is 20.1. The molecule has 8 nitrogen and oxygen atoms in total. The predicted octanol–water partition coefficient (Wildman–Crippen LogP) is 5.55. The standard InChI is InChI=1S/C26H22BrN5O3/c27-19-12-10-17(11-13-19)20(28)16-25(33)35-23-9-5-4-8-22(23)29-26(34)30-24-15-14-21(31-32-24)18-6-2-1-3-7-18/h1-15,20H,16,28H2,(H2,29,30,32,34). The quantitative estimate of drug-likeness (QED) is 0.212. The molecule has 0 saturated carbocycles. The number of urea groups is 1. The second kappa shape index (κ2) is 11.4. The Hall–Kier alpha value is -4.08. The summed E-state index contributed by atoms with van der Waals surface area (Å²) in [4.78, 5) is 25.0. The maximum atomic E-state index is 12.5. The topological polar surface area (TPSA) is 119 Å². The molecule has 0 bridgehead atoms. The first-order valence-electron chi connectivity index (χ1n) is 10.8. The van der Waals surface area contributed by atoms with Crippen LogP contribution >= 0.6 is 15.9 Å². The lowest BCUT2D eigenvalue weighted by Crippen LogP contribution is -2.22. The van der Waals surface area contributed by atoms with Crippen molar-refractivity contribution in [3.8, 4) is 17.0 Å². The fraction of sp³-hybridized carbons (Fsp3) is 0.0769. The summed E-state index contributed by atoms with van der Waals surface area (Å²) in [5.41, 5.74) is 8.89. The highest BCUT2D eigenvalue weighted by atomic mass is 79.9. The number of carbonyl (C=O) groups is 2. The van der Waals surface area contributed by atoms with Crippen LogP contribution in [0.15, 0.2) is 95.5 Å². The normalized spacial score (nSPS) is 11.4. The highest BCUT2D eigenvalue weighted by molar-refractivity contribution is 9.10. The van der Waals surface area contributed by atoms with E-state index in [9.17, 15) is 9.59 Å². The number of aromatic nitrogens is 2. The highest BCUT2D eigenvalue weighted by Gasteiger charge is 2.16. The van der Waals surface area contributed by atoms with Gasteiger partial charge in [0.25, 0.3) is 0 Å². The molecular weight excluding hydrogens is 510 g/mol. The van der Waals surface area contributed by atoms with Crippen molar-refractivity contribution in [2.24, 2.45) is 5.73 Å². The van der Waals surface area contributed by atoms with E-state index in [-0.39, 0.29) is 18.0 Å². The Morgan fingerprint density at radius 1 is 0.857 bits per heavy atom. The van der Waals surface area contributed by atoms with E-state index in [1.54, 1.807) is 36.4 Å². The summed E-state index contributed by atoms with van der Waals surface area (Å²) < 4.78 is 6.40. The molecule has 4 N–H and O–H groups in total. The van der Waals surface area contributed by atoms with Crippen molar-refractivity contribution in [3.63, 3.8) is 0 Å². The van der Waals surface area contributed by atoms with E-state index in [4.69, 9.17) is 10.5 Å². The van der Waals surface area contributed by atoms with Crippen LogP contribution in [-0.4, -0.2) is 22.2 Å². The van der Waals surface area contributed by atoms with Crippen molar-refractivity contribution >= 4 is 39.4 Å². The summed E-state index contributed by atoms with van der Waals surface area (Å²) in [6, 6.07) is 26.0. The van der Waals surface area contributed by atoms with Crippen LogP contribution in [0, 0.1) is 0 Å². The number of hydrogen-bond acceptors (Lipinski definition) is 6. The van der Waals surface area contributed by atoms with Crippen LogP contribution in [0.1, 0.15) is 18.0 Å². The van der Waals surface area contributed by atoms with Gasteiger partial charge in [-0.3, -0.25) is 10.1 Å².